The first-order valence-corrected chi connectivity index (χ1v) is 11.1. The minimum Gasteiger partial charge on any atom is -0.382 e. The van der Waals surface area contributed by atoms with Crippen LogP contribution in [0.25, 0.3) is 16.8 Å². The molecule has 0 spiro atoms. The van der Waals surface area contributed by atoms with Crippen LogP contribution in [-0.4, -0.2) is 38.3 Å². The number of halogens is 3. The van der Waals surface area contributed by atoms with Crippen LogP contribution in [0.5, 0.6) is 0 Å². The summed E-state index contributed by atoms with van der Waals surface area (Å²) in [6.45, 7) is 1.81. The molecule has 1 aliphatic heterocycles. The summed E-state index contributed by atoms with van der Waals surface area (Å²) < 4.78 is 40.7. The molecule has 5 rings (SSSR count). The lowest BCUT2D eigenvalue weighted by Gasteiger charge is -2.26. The van der Waals surface area contributed by atoms with Crippen LogP contribution in [0.4, 0.5) is 30.8 Å². The smallest absolute Gasteiger partial charge is 0.382 e. The maximum atomic E-state index is 12.9. The van der Waals surface area contributed by atoms with Gasteiger partial charge >= 0.3 is 6.18 Å². The summed E-state index contributed by atoms with van der Waals surface area (Å²) in [4.78, 5) is 27.7. The zero-order valence-corrected chi connectivity index (χ0v) is 18.6. The van der Waals surface area contributed by atoms with Crippen molar-refractivity contribution in [1.29, 1.82) is 0 Å². The van der Waals surface area contributed by atoms with E-state index in [0.29, 0.717) is 17.0 Å². The van der Waals surface area contributed by atoms with E-state index in [4.69, 9.17) is 10.7 Å². The fourth-order valence-corrected chi connectivity index (χ4v) is 4.21. The molecular weight excluding hydrogens is 459 g/mol. The number of rotatable bonds is 4. The molecule has 1 fully saturated rings. The third-order valence-corrected chi connectivity index (χ3v) is 5.95. The van der Waals surface area contributed by atoms with E-state index in [0.717, 1.165) is 55.8 Å². The molecule has 8 nitrogen and oxygen atoms in total. The number of aromatic nitrogens is 4. The van der Waals surface area contributed by atoms with Crippen LogP contribution >= 0.6 is 0 Å². The molecule has 0 aliphatic carbocycles. The predicted molar refractivity (Wildman–Crippen MR) is 126 cm³/mol. The summed E-state index contributed by atoms with van der Waals surface area (Å²) in [7, 11) is 0. The predicted octanol–water partition coefficient (Wildman–Crippen LogP) is 4.63. The first-order chi connectivity index (χ1) is 16.8. The van der Waals surface area contributed by atoms with Crippen molar-refractivity contribution in [3.8, 4) is 11.3 Å². The number of pyridine rings is 1. The van der Waals surface area contributed by atoms with Crippen molar-refractivity contribution in [2.75, 3.05) is 29.0 Å². The first-order valence-electron chi connectivity index (χ1n) is 11.1. The highest BCUT2D eigenvalue weighted by Gasteiger charge is 2.31. The number of hydrogen-bond acceptors (Lipinski definition) is 6. The van der Waals surface area contributed by atoms with Crippen molar-refractivity contribution in [3.05, 3.63) is 66.1 Å². The Morgan fingerprint density at radius 1 is 1.00 bits per heavy atom. The van der Waals surface area contributed by atoms with E-state index in [1.807, 2.05) is 10.6 Å². The van der Waals surface area contributed by atoms with Gasteiger partial charge in [-0.05, 0) is 43.5 Å². The largest absolute Gasteiger partial charge is 0.416 e. The van der Waals surface area contributed by atoms with Crippen molar-refractivity contribution in [2.24, 2.45) is 0 Å². The molecule has 3 aromatic heterocycles. The molecule has 0 bridgehead atoms. The monoisotopic (exact) mass is 481 g/mol. The van der Waals surface area contributed by atoms with E-state index in [-0.39, 0.29) is 11.4 Å². The number of alkyl halides is 3. The lowest BCUT2D eigenvalue weighted by molar-refractivity contribution is -0.137. The van der Waals surface area contributed by atoms with Crippen molar-refractivity contribution < 1.29 is 18.0 Å². The van der Waals surface area contributed by atoms with Gasteiger partial charge in [0.05, 0.1) is 5.56 Å². The Morgan fingerprint density at radius 3 is 2.46 bits per heavy atom. The number of benzene rings is 1. The topological polar surface area (TPSA) is 101 Å². The van der Waals surface area contributed by atoms with Gasteiger partial charge < -0.3 is 16.0 Å². The van der Waals surface area contributed by atoms with Crippen LogP contribution in [0, 0.1) is 0 Å². The standard InChI is InChI=1S/C24H22F3N7O/c25-24(26,27)17-8-9-29-18(14-17)31-22(35)16-6-4-15(5-7-16)19-20-21(28)30-10-13-34(20)23(32-19)33-11-2-1-3-12-33/h4-10,13-14H,1-3,11-12H2,(H2,28,30)(H,29,31,35). The Balaban J connectivity index is 1.43. The third kappa shape index (κ3) is 4.48. The number of hydrogen-bond donors (Lipinski definition) is 2. The number of imidazole rings is 1. The number of carbonyl (C=O) groups excluding carboxylic acids is 1. The van der Waals surface area contributed by atoms with Crippen LogP contribution in [0.15, 0.2) is 55.0 Å². The highest BCUT2D eigenvalue weighted by molar-refractivity contribution is 6.04. The number of carbonyl (C=O) groups is 1. The molecule has 0 radical (unpaired) electrons. The quantitative estimate of drug-likeness (QED) is 0.441. The van der Waals surface area contributed by atoms with Gasteiger partial charge in [-0.15, -0.1) is 0 Å². The minimum atomic E-state index is -4.53. The third-order valence-electron chi connectivity index (χ3n) is 5.95. The molecule has 1 aromatic carbocycles. The maximum absolute atomic E-state index is 12.9. The van der Waals surface area contributed by atoms with Gasteiger partial charge in [0.2, 0.25) is 5.95 Å². The summed E-state index contributed by atoms with van der Waals surface area (Å²) in [5.41, 5.74) is 7.63. The molecule has 0 saturated carbocycles. The number of fused-ring (bicyclic) bond motifs is 1. The van der Waals surface area contributed by atoms with Gasteiger partial charge in [-0.2, -0.15) is 13.2 Å². The van der Waals surface area contributed by atoms with Crippen molar-refractivity contribution in [2.45, 2.75) is 25.4 Å². The number of nitrogen functional groups attached to an aromatic ring is 1. The van der Waals surface area contributed by atoms with Gasteiger partial charge in [0.25, 0.3) is 5.91 Å². The maximum Gasteiger partial charge on any atom is 0.416 e. The highest BCUT2D eigenvalue weighted by atomic mass is 19.4. The molecular formula is C24H22F3N7O. The fraction of sp³-hybridized carbons (Fsp3) is 0.250. The summed E-state index contributed by atoms with van der Waals surface area (Å²) >= 11 is 0. The molecule has 1 saturated heterocycles. The van der Waals surface area contributed by atoms with Gasteiger partial charge in [0.1, 0.15) is 22.8 Å². The molecule has 0 unspecified atom stereocenters. The molecule has 3 N–H and O–H groups in total. The highest BCUT2D eigenvalue weighted by Crippen LogP contribution is 2.33. The molecule has 1 aliphatic rings. The van der Waals surface area contributed by atoms with Crippen LogP contribution < -0.4 is 16.0 Å². The number of piperidine rings is 1. The summed E-state index contributed by atoms with van der Waals surface area (Å²) in [6.07, 6.45) is 3.32. The molecule has 0 atom stereocenters. The zero-order valence-electron chi connectivity index (χ0n) is 18.6. The van der Waals surface area contributed by atoms with Crippen molar-refractivity contribution in [3.63, 3.8) is 0 Å². The Kier molecular flexibility index (Phi) is 5.75. The molecule has 4 heterocycles. The minimum absolute atomic E-state index is 0.181. The number of anilines is 3. The van der Waals surface area contributed by atoms with E-state index in [9.17, 15) is 18.0 Å². The second kappa shape index (κ2) is 8.90. The SMILES string of the molecule is Nc1nccn2c(N3CCCCC3)nc(-c3ccc(C(=O)Nc4cc(C(F)(F)F)ccn4)cc3)c12. The molecule has 11 heteroatoms. The molecule has 180 valence electrons. The lowest BCUT2D eigenvalue weighted by Crippen LogP contribution is -2.31. The Bertz CT molecular complexity index is 1380. The van der Waals surface area contributed by atoms with Crippen LogP contribution in [0.2, 0.25) is 0 Å². The zero-order chi connectivity index (χ0) is 24.6. The van der Waals surface area contributed by atoms with E-state index < -0.39 is 17.6 Å². The first kappa shape index (κ1) is 22.6. The van der Waals surface area contributed by atoms with E-state index in [2.05, 4.69) is 20.2 Å². The van der Waals surface area contributed by atoms with Gasteiger partial charge in [0, 0.05) is 42.8 Å². The normalized spacial score (nSPS) is 14.3. The van der Waals surface area contributed by atoms with Crippen molar-refractivity contribution in [1.82, 2.24) is 19.4 Å². The van der Waals surface area contributed by atoms with E-state index >= 15 is 0 Å². The number of nitrogens with one attached hydrogen (secondary N) is 1. The second-order valence-corrected chi connectivity index (χ2v) is 8.30. The van der Waals surface area contributed by atoms with Gasteiger partial charge in [-0.3, -0.25) is 9.20 Å². The second-order valence-electron chi connectivity index (χ2n) is 8.30. The lowest BCUT2D eigenvalue weighted by atomic mass is 10.1. The average molecular weight is 481 g/mol. The molecule has 1 amide bonds. The summed E-state index contributed by atoms with van der Waals surface area (Å²) in [5, 5.41) is 2.41. The molecule has 4 aromatic rings. The van der Waals surface area contributed by atoms with E-state index in [1.165, 1.54) is 6.42 Å². The van der Waals surface area contributed by atoms with E-state index in [1.54, 1.807) is 30.5 Å². The van der Waals surface area contributed by atoms with Gasteiger partial charge in [0.15, 0.2) is 0 Å². The number of nitrogens with zero attached hydrogens (tertiary/aromatic N) is 5. The van der Waals surface area contributed by atoms with Crippen LogP contribution in [0.3, 0.4) is 0 Å². The summed E-state index contributed by atoms with van der Waals surface area (Å²) in [6, 6.07) is 8.25. The Hall–Kier alpha value is -4.15. The Labute approximate surface area is 198 Å². The number of nitrogens with two attached hydrogens (primary N) is 1. The Morgan fingerprint density at radius 2 is 1.74 bits per heavy atom. The van der Waals surface area contributed by atoms with Crippen molar-refractivity contribution >= 4 is 29.0 Å². The van der Waals surface area contributed by atoms with Gasteiger partial charge in [-0.25, -0.2) is 15.0 Å². The van der Waals surface area contributed by atoms with Gasteiger partial charge in [-0.1, -0.05) is 12.1 Å². The van der Waals surface area contributed by atoms with Crippen LogP contribution in [0.1, 0.15) is 35.2 Å². The van der Waals surface area contributed by atoms with Crippen LogP contribution in [-0.2, 0) is 6.18 Å². The molecule has 35 heavy (non-hydrogen) atoms. The summed E-state index contributed by atoms with van der Waals surface area (Å²) in [5.74, 6) is 0.379. The number of amides is 1. The average Bonchev–Trinajstić information content (AvgIpc) is 3.25. The fourth-order valence-electron chi connectivity index (χ4n) is 4.21.